The van der Waals surface area contributed by atoms with Crippen molar-refractivity contribution in [2.75, 3.05) is 0 Å². The van der Waals surface area contributed by atoms with E-state index >= 15 is 0 Å². The predicted octanol–water partition coefficient (Wildman–Crippen LogP) is 2.61. The first-order valence-corrected chi connectivity index (χ1v) is 6.22. The summed E-state index contributed by atoms with van der Waals surface area (Å²) < 4.78 is 2.07. The van der Waals surface area contributed by atoms with Gasteiger partial charge in [0.05, 0.1) is 5.69 Å². The third-order valence-electron chi connectivity index (χ3n) is 3.25. The molecule has 0 unspecified atom stereocenters. The lowest BCUT2D eigenvalue weighted by Gasteiger charge is -2.05. The lowest BCUT2D eigenvalue weighted by Crippen LogP contribution is -2.01. The summed E-state index contributed by atoms with van der Waals surface area (Å²) in [6, 6.07) is 7.89. The van der Waals surface area contributed by atoms with Crippen molar-refractivity contribution in [3.05, 3.63) is 40.7 Å². The second-order valence-corrected chi connectivity index (χ2v) is 4.69. The quantitative estimate of drug-likeness (QED) is 0.887. The Kier molecular flexibility index (Phi) is 2.65. The fourth-order valence-corrected chi connectivity index (χ4v) is 2.73. The SMILES string of the molecule is NCc1nn2c(c1-c1ccccc1Cl)CCC2. The summed E-state index contributed by atoms with van der Waals surface area (Å²) >= 11 is 6.27. The summed E-state index contributed by atoms with van der Waals surface area (Å²) in [7, 11) is 0. The third kappa shape index (κ3) is 1.66. The molecule has 0 saturated heterocycles. The largest absolute Gasteiger partial charge is 0.325 e. The van der Waals surface area contributed by atoms with E-state index < -0.39 is 0 Å². The van der Waals surface area contributed by atoms with E-state index in [1.54, 1.807) is 0 Å². The molecule has 3 rings (SSSR count). The number of aromatic nitrogens is 2. The molecule has 1 aromatic heterocycles. The van der Waals surface area contributed by atoms with E-state index in [4.69, 9.17) is 17.3 Å². The van der Waals surface area contributed by atoms with E-state index in [9.17, 15) is 0 Å². The molecule has 1 aliphatic rings. The number of nitrogens with zero attached hydrogens (tertiary/aromatic N) is 2. The molecular formula is C13H14ClN3. The third-order valence-corrected chi connectivity index (χ3v) is 3.58. The smallest absolute Gasteiger partial charge is 0.0842 e. The van der Waals surface area contributed by atoms with E-state index in [-0.39, 0.29) is 0 Å². The topological polar surface area (TPSA) is 43.8 Å². The van der Waals surface area contributed by atoms with Crippen molar-refractivity contribution in [3.8, 4) is 11.1 Å². The molecule has 17 heavy (non-hydrogen) atoms. The summed E-state index contributed by atoms with van der Waals surface area (Å²) in [5.74, 6) is 0. The van der Waals surface area contributed by atoms with Crippen LogP contribution in [0.15, 0.2) is 24.3 Å². The molecule has 0 amide bonds. The van der Waals surface area contributed by atoms with Crippen molar-refractivity contribution in [1.82, 2.24) is 9.78 Å². The van der Waals surface area contributed by atoms with Crippen molar-refractivity contribution in [2.24, 2.45) is 5.73 Å². The van der Waals surface area contributed by atoms with Gasteiger partial charge in [-0.05, 0) is 18.9 Å². The number of aryl methyl sites for hydroxylation is 1. The molecule has 0 aliphatic carbocycles. The Bertz CT molecular complexity index is 560. The van der Waals surface area contributed by atoms with Crippen LogP contribution in [0.25, 0.3) is 11.1 Å². The first-order chi connectivity index (χ1) is 8.31. The summed E-state index contributed by atoms with van der Waals surface area (Å²) in [4.78, 5) is 0. The van der Waals surface area contributed by atoms with Gasteiger partial charge < -0.3 is 5.73 Å². The van der Waals surface area contributed by atoms with Crippen molar-refractivity contribution >= 4 is 11.6 Å². The van der Waals surface area contributed by atoms with Crippen LogP contribution in [0.5, 0.6) is 0 Å². The molecule has 2 N–H and O–H groups in total. The van der Waals surface area contributed by atoms with Crippen LogP contribution in [0.3, 0.4) is 0 Å². The Hall–Kier alpha value is -1.32. The maximum absolute atomic E-state index is 6.27. The standard InChI is InChI=1S/C13H14ClN3/c14-10-5-2-1-4-9(10)13-11(8-15)16-17-7-3-6-12(13)17/h1-2,4-5H,3,6-8,15H2. The van der Waals surface area contributed by atoms with Gasteiger partial charge in [-0.15, -0.1) is 0 Å². The summed E-state index contributed by atoms with van der Waals surface area (Å²) in [5.41, 5.74) is 10.2. The van der Waals surface area contributed by atoms with Gasteiger partial charge >= 0.3 is 0 Å². The van der Waals surface area contributed by atoms with Crippen LogP contribution >= 0.6 is 11.6 Å². The molecule has 3 nitrogen and oxygen atoms in total. The second-order valence-electron chi connectivity index (χ2n) is 4.28. The molecule has 0 radical (unpaired) electrons. The maximum atomic E-state index is 6.27. The number of benzene rings is 1. The van der Waals surface area contributed by atoms with Crippen LogP contribution < -0.4 is 5.73 Å². The molecule has 2 heterocycles. The Morgan fingerprint density at radius 3 is 2.94 bits per heavy atom. The first-order valence-electron chi connectivity index (χ1n) is 5.85. The predicted molar refractivity (Wildman–Crippen MR) is 68.9 cm³/mol. The van der Waals surface area contributed by atoms with E-state index in [0.717, 1.165) is 41.2 Å². The van der Waals surface area contributed by atoms with Crippen LogP contribution in [0.2, 0.25) is 5.02 Å². The molecule has 88 valence electrons. The molecular weight excluding hydrogens is 234 g/mol. The van der Waals surface area contributed by atoms with E-state index in [1.807, 2.05) is 24.3 Å². The van der Waals surface area contributed by atoms with E-state index in [2.05, 4.69) is 9.78 Å². The summed E-state index contributed by atoms with van der Waals surface area (Å²) in [6.07, 6.45) is 2.22. The fraction of sp³-hybridized carbons (Fsp3) is 0.308. The van der Waals surface area contributed by atoms with Crippen LogP contribution in [-0.4, -0.2) is 9.78 Å². The highest BCUT2D eigenvalue weighted by atomic mass is 35.5. The Labute approximate surface area is 105 Å². The highest BCUT2D eigenvalue weighted by molar-refractivity contribution is 6.33. The number of rotatable bonds is 2. The molecule has 0 atom stereocenters. The van der Waals surface area contributed by atoms with Crippen LogP contribution in [0, 0.1) is 0 Å². The normalized spacial score (nSPS) is 14.0. The second kappa shape index (κ2) is 4.17. The highest BCUT2D eigenvalue weighted by Gasteiger charge is 2.22. The van der Waals surface area contributed by atoms with Gasteiger partial charge in [0.25, 0.3) is 0 Å². The minimum Gasteiger partial charge on any atom is -0.325 e. The molecule has 0 fully saturated rings. The van der Waals surface area contributed by atoms with Gasteiger partial charge in [-0.25, -0.2) is 0 Å². The number of halogens is 1. The lowest BCUT2D eigenvalue weighted by molar-refractivity contribution is 0.644. The zero-order chi connectivity index (χ0) is 11.8. The molecule has 2 aromatic rings. The van der Waals surface area contributed by atoms with E-state index in [0.29, 0.717) is 6.54 Å². The van der Waals surface area contributed by atoms with Gasteiger partial charge in [0.1, 0.15) is 0 Å². The van der Waals surface area contributed by atoms with Gasteiger partial charge in [-0.2, -0.15) is 5.10 Å². The van der Waals surface area contributed by atoms with E-state index in [1.165, 1.54) is 5.69 Å². The van der Waals surface area contributed by atoms with Gasteiger partial charge in [0.2, 0.25) is 0 Å². The van der Waals surface area contributed by atoms with Gasteiger partial charge in [-0.3, -0.25) is 4.68 Å². The Balaban J connectivity index is 2.23. The van der Waals surface area contributed by atoms with Crippen molar-refractivity contribution in [1.29, 1.82) is 0 Å². The molecule has 0 saturated carbocycles. The van der Waals surface area contributed by atoms with Crippen molar-refractivity contribution in [2.45, 2.75) is 25.9 Å². The van der Waals surface area contributed by atoms with Gasteiger partial charge in [0, 0.05) is 34.9 Å². The van der Waals surface area contributed by atoms with Crippen LogP contribution in [-0.2, 0) is 19.5 Å². The first kappa shape index (κ1) is 10.8. The number of nitrogens with two attached hydrogens (primary N) is 1. The maximum Gasteiger partial charge on any atom is 0.0842 e. The van der Waals surface area contributed by atoms with Gasteiger partial charge in [-0.1, -0.05) is 29.8 Å². The van der Waals surface area contributed by atoms with Gasteiger partial charge in [0.15, 0.2) is 0 Å². The summed E-state index contributed by atoms with van der Waals surface area (Å²) in [5, 5.41) is 5.33. The molecule has 1 aliphatic heterocycles. The fourth-order valence-electron chi connectivity index (χ4n) is 2.50. The molecule has 0 spiro atoms. The highest BCUT2D eigenvalue weighted by Crippen LogP contribution is 2.35. The monoisotopic (exact) mass is 247 g/mol. The van der Waals surface area contributed by atoms with Crippen molar-refractivity contribution in [3.63, 3.8) is 0 Å². The lowest BCUT2D eigenvalue weighted by atomic mass is 10.0. The minimum atomic E-state index is 0.459. The number of fused-ring (bicyclic) bond motifs is 1. The molecule has 0 bridgehead atoms. The molecule has 4 heteroatoms. The zero-order valence-electron chi connectivity index (χ0n) is 9.49. The Morgan fingerprint density at radius 2 is 2.18 bits per heavy atom. The molecule has 1 aromatic carbocycles. The minimum absolute atomic E-state index is 0.459. The van der Waals surface area contributed by atoms with Crippen LogP contribution in [0.1, 0.15) is 17.8 Å². The number of hydrogen-bond acceptors (Lipinski definition) is 2. The number of hydrogen-bond donors (Lipinski definition) is 1. The van der Waals surface area contributed by atoms with Crippen molar-refractivity contribution < 1.29 is 0 Å². The Morgan fingerprint density at radius 1 is 1.35 bits per heavy atom. The average Bonchev–Trinajstić information content (AvgIpc) is 2.89. The van der Waals surface area contributed by atoms with Crippen LogP contribution in [0.4, 0.5) is 0 Å². The summed E-state index contributed by atoms with van der Waals surface area (Å²) in [6.45, 7) is 1.45. The average molecular weight is 248 g/mol. The zero-order valence-corrected chi connectivity index (χ0v) is 10.2.